The maximum atomic E-state index is 11.7. The van der Waals surface area contributed by atoms with E-state index >= 15 is 0 Å². The van der Waals surface area contributed by atoms with Crippen molar-refractivity contribution in [2.75, 3.05) is 11.9 Å². The third kappa shape index (κ3) is 4.08. The molecule has 2 amide bonds. The fourth-order valence-electron chi connectivity index (χ4n) is 1.42. The Hall–Kier alpha value is -2.81. The highest BCUT2D eigenvalue weighted by molar-refractivity contribution is 6.99. The molecule has 0 saturated carbocycles. The van der Waals surface area contributed by atoms with Crippen molar-refractivity contribution in [1.82, 2.24) is 14.1 Å². The molecule has 0 aliphatic heterocycles. The Morgan fingerprint density at radius 1 is 1.14 bits per heavy atom. The first kappa shape index (κ1) is 14.6. The van der Waals surface area contributed by atoms with Gasteiger partial charge in [0.05, 0.1) is 17.9 Å². The van der Waals surface area contributed by atoms with Gasteiger partial charge in [-0.1, -0.05) is 0 Å². The second kappa shape index (κ2) is 6.57. The van der Waals surface area contributed by atoms with Crippen molar-refractivity contribution in [2.45, 2.75) is 0 Å². The van der Waals surface area contributed by atoms with Gasteiger partial charge in [-0.2, -0.15) is 8.75 Å². The molecule has 0 spiro atoms. The Morgan fingerprint density at radius 2 is 1.86 bits per heavy atom. The van der Waals surface area contributed by atoms with Crippen LogP contribution in [0.15, 0.2) is 30.5 Å². The number of hydrogen-bond donors (Lipinski definition) is 3. The van der Waals surface area contributed by atoms with Gasteiger partial charge in [0.15, 0.2) is 5.69 Å². The zero-order chi connectivity index (χ0) is 15.2. The number of anilines is 1. The number of hydrogen-bond acceptors (Lipinski definition) is 6. The highest BCUT2D eigenvalue weighted by atomic mass is 32.1. The Balaban J connectivity index is 1.97. The highest BCUT2D eigenvalue weighted by Gasteiger charge is 2.10. The Kier molecular flexibility index (Phi) is 4.57. The van der Waals surface area contributed by atoms with Crippen LogP contribution >= 0.6 is 11.7 Å². The SMILES string of the molecule is O=C(O)CNC(=O)c1ccc(NC(=O)c2cnsn2)cc1. The van der Waals surface area contributed by atoms with E-state index in [1.54, 1.807) is 0 Å². The molecule has 0 aliphatic carbocycles. The summed E-state index contributed by atoms with van der Waals surface area (Å²) in [5, 5.41) is 13.3. The Morgan fingerprint density at radius 3 is 2.43 bits per heavy atom. The summed E-state index contributed by atoms with van der Waals surface area (Å²) in [5.41, 5.74) is 0.996. The van der Waals surface area contributed by atoms with Crippen LogP contribution in [-0.2, 0) is 4.79 Å². The molecule has 21 heavy (non-hydrogen) atoms. The number of nitrogens with zero attached hydrogens (tertiary/aromatic N) is 2. The van der Waals surface area contributed by atoms with Gasteiger partial charge in [0, 0.05) is 11.3 Å². The summed E-state index contributed by atoms with van der Waals surface area (Å²) in [6.07, 6.45) is 1.35. The molecule has 1 aromatic heterocycles. The molecule has 9 heteroatoms. The van der Waals surface area contributed by atoms with Gasteiger partial charge >= 0.3 is 5.97 Å². The summed E-state index contributed by atoms with van der Waals surface area (Å²) in [4.78, 5) is 33.7. The van der Waals surface area contributed by atoms with Crippen LogP contribution in [0.5, 0.6) is 0 Å². The van der Waals surface area contributed by atoms with Crippen LogP contribution in [0.2, 0.25) is 0 Å². The maximum Gasteiger partial charge on any atom is 0.322 e. The largest absolute Gasteiger partial charge is 0.480 e. The van der Waals surface area contributed by atoms with E-state index in [9.17, 15) is 14.4 Å². The maximum absolute atomic E-state index is 11.7. The van der Waals surface area contributed by atoms with Crippen LogP contribution in [0.25, 0.3) is 0 Å². The lowest BCUT2D eigenvalue weighted by molar-refractivity contribution is -0.135. The topological polar surface area (TPSA) is 121 Å². The fraction of sp³-hybridized carbons (Fsp3) is 0.0833. The van der Waals surface area contributed by atoms with Gasteiger partial charge in [-0.05, 0) is 24.3 Å². The summed E-state index contributed by atoms with van der Waals surface area (Å²) in [6, 6.07) is 6.03. The zero-order valence-corrected chi connectivity index (χ0v) is 11.4. The number of amides is 2. The molecule has 2 rings (SSSR count). The lowest BCUT2D eigenvalue weighted by Gasteiger charge is -2.05. The first-order valence-corrected chi connectivity index (χ1v) is 6.48. The van der Waals surface area contributed by atoms with Crippen molar-refractivity contribution in [3.63, 3.8) is 0 Å². The van der Waals surface area contributed by atoms with Crippen molar-refractivity contribution in [3.8, 4) is 0 Å². The molecule has 108 valence electrons. The summed E-state index contributed by atoms with van der Waals surface area (Å²) in [6.45, 7) is -0.450. The molecule has 3 N–H and O–H groups in total. The molecule has 0 unspecified atom stereocenters. The average molecular weight is 306 g/mol. The Labute approximate surface area is 123 Å². The van der Waals surface area contributed by atoms with Gasteiger partial charge in [0.25, 0.3) is 11.8 Å². The van der Waals surface area contributed by atoms with Crippen molar-refractivity contribution in [2.24, 2.45) is 0 Å². The third-order valence-electron chi connectivity index (χ3n) is 2.40. The van der Waals surface area contributed by atoms with E-state index in [1.807, 2.05) is 0 Å². The molecule has 0 bridgehead atoms. The first-order chi connectivity index (χ1) is 10.1. The van der Waals surface area contributed by atoms with E-state index in [1.165, 1.54) is 30.5 Å². The van der Waals surface area contributed by atoms with Crippen LogP contribution in [0.3, 0.4) is 0 Å². The number of rotatable bonds is 5. The minimum Gasteiger partial charge on any atom is -0.480 e. The molecular weight excluding hydrogens is 296 g/mol. The van der Waals surface area contributed by atoms with Crippen LogP contribution in [0.1, 0.15) is 20.8 Å². The predicted molar refractivity (Wildman–Crippen MR) is 74.3 cm³/mol. The minimum absolute atomic E-state index is 0.211. The average Bonchev–Trinajstić information content (AvgIpc) is 3.00. The lowest BCUT2D eigenvalue weighted by Crippen LogP contribution is -2.29. The van der Waals surface area contributed by atoms with E-state index in [2.05, 4.69) is 19.4 Å². The van der Waals surface area contributed by atoms with Crippen molar-refractivity contribution < 1.29 is 19.5 Å². The minimum atomic E-state index is -1.12. The van der Waals surface area contributed by atoms with Crippen LogP contribution in [0, 0.1) is 0 Å². The van der Waals surface area contributed by atoms with E-state index in [-0.39, 0.29) is 5.69 Å². The smallest absolute Gasteiger partial charge is 0.322 e. The van der Waals surface area contributed by atoms with Gasteiger partial charge in [-0.3, -0.25) is 14.4 Å². The van der Waals surface area contributed by atoms with Gasteiger partial charge in [-0.25, -0.2) is 0 Å². The van der Waals surface area contributed by atoms with Crippen molar-refractivity contribution >= 4 is 35.2 Å². The van der Waals surface area contributed by atoms with Gasteiger partial charge in [0.2, 0.25) is 0 Å². The number of carboxylic acids is 1. The first-order valence-electron chi connectivity index (χ1n) is 5.75. The third-order valence-corrected chi connectivity index (χ3v) is 2.88. The standard InChI is InChI=1S/C12H10N4O4S/c17-10(18)6-13-11(19)7-1-3-8(4-2-7)15-12(20)9-5-14-21-16-9/h1-5H,6H2,(H,13,19)(H,15,20)(H,17,18). The normalized spacial score (nSPS) is 9.90. The predicted octanol–water partition coefficient (Wildman–Crippen LogP) is 0.605. The summed E-state index contributed by atoms with van der Waals surface area (Å²) in [7, 11) is 0. The number of carbonyl (C=O) groups excluding carboxylic acids is 2. The molecule has 0 atom stereocenters. The summed E-state index contributed by atoms with van der Waals surface area (Å²) < 4.78 is 7.52. The highest BCUT2D eigenvalue weighted by Crippen LogP contribution is 2.11. The lowest BCUT2D eigenvalue weighted by atomic mass is 10.2. The molecular formula is C12H10N4O4S. The molecule has 0 fully saturated rings. The fourth-order valence-corrected chi connectivity index (χ4v) is 1.83. The summed E-state index contributed by atoms with van der Waals surface area (Å²) >= 11 is 0.931. The number of carboxylic acid groups (broad SMARTS) is 1. The second-order valence-corrected chi connectivity index (χ2v) is 4.46. The Bertz CT molecular complexity index is 654. The molecule has 2 aromatic rings. The number of aliphatic carboxylic acids is 1. The van der Waals surface area contributed by atoms with E-state index in [4.69, 9.17) is 5.11 Å². The number of aromatic nitrogens is 2. The zero-order valence-electron chi connectivity index (χ0n) is 10.6. The van der Waals surface area contributed by atoms with Gasteiger partial charge < -0.3 is 15.7 Å². The molecule has 0 aliphatic rings. The number of carbonyl (C=O) groups is 3. The monoisotopic (exact) mass is 306 g/mol. The van der Waals surface area contributed by atoms with Gasteiger partial charge in [0.1, 0.15) is 6.54 Å². The molecule has 1 heterocycles. The quantitative estimate of drug-likeness (QED) is 0.744. The van der Waals surface area contributed by atoms with Crippen molar-refractivity contribution in [3.05, 3.63) is 41.7 Å². The molecule has 0 radical (unpaired) electrons. The van der Waals surface area contributed by atoms with Gasteiger partial charge in [-0.15, -0.1) is 0 Å². The number of nitrogens with one attached hydrogen (secondary N) is 2. The molecule has 0 saturated heterocycles. The van der Waals surface area contributed by atoms with Crippen LogP contribution < -0.4 is 10.6 Å². The van der Waals surface area contributed by atoms with E-state index in [0.29, 0.717) is 11.3 Å². The van der Waals surface area contributed by atoms with E-state index in [0.717, 1.165) is 11.7 Å². The number of benzene rings is 1. The second-order valence-electron chi connectivity index (χ2n) is 3.90. The summed E-state index contributed by atoms with van der Waals surface area (Å²) in [5.74, 6) is -2.02. The van der Waals surface area contributed by atoms with Crippen LogP contribution in [-0.4, -0.2) is 38.2 Å². The van der Waals surface area contributed by atoms with Crippen LogP contribution in [0.4, 0.5) is 5.69 Å². The molecule has 8 nitrogen and oxygen atoms in total. The molecule has 1 aromatic carbocycles. The van der Waals surface area contributed by atoms with Crippen molar-refractivity contribution in [1.29, 1.82) is 0 Å². The van der Waals surface area contributed by atoms with E-state index < -0.39 is 24.3 Å².